The van der Waals surface area contributed by atoms with Gasteiger partial charge in [-0.15, -0.1) is 0 Å². The molecule has 6 nitrogen and oxygen atoms in total. The van der Waals surface area contributed by atoms with Crippen LogP contribution in [0.3, 0.4) is 0 Å². The van der Waals surface area contributed by atoms with Gasteiger partial charge in [0.1, 0.15) is 17.9 Å². The third-order valence-corrected chi connectivity index (χ3v) is 5.64. The molecule has 0 aliphatic carbocycles. The molecule has 1 aliphatic rings. The maximum Gasteiger partial charge on any atom is 0.335 e. The largest absolute Gasteiger partial charge is 0.489 e. The van der Waals surface area contributed by atoms with Gasteiger partial charge in [-0.2, -0.15) is 0 Å². The molecule has 0 bridgehead atoms. The highest BCUT2D eigenvalue weighted by Crippen LogP contribution is 2.27. The topological polar surface area (TPSA) is 75.7 Å². The minimum Gasteiger partial charge on any atom is -0.489 e. The average Bonchev–Trinajstić information content (AvgIpc) is 2.79. The number of imide groups is 2. The second-order valence-corrected chi connectivity index (χ2v) is 8.14. The molecule has 0 aromatic heterocycles. The lowest BCUT2D eigenvalue weighted by Crippen LogP contribution is -2.54. The highest BCUT2D eigenvalue weighted by atomic mass is 35.5. The molecule has 0 saturated carbocycles. The van der Waals surface area contributed by atoms with Crippen molar-refractivity contribution in [3.05, 3.63) is 99.6 Å². The average molecular weight is 461 g/mol. The number of carbonyl (C=O) groups is 3. The van der Waals surface area contributed by atoms with Gasteiger partial charge in [-0.25, -0.2) is 9.69 Å². The van der Waals surface area contributed by atoms with E-state index in [1.807, 2.05) is 38.1 Å². The summed E-state index contributed by atoms with van der Waals surface area (Å²) < 4.78 is 5.80. The summed E-state index contributed by atoms with van der Waals surface area (Å²) >= 11 is 6.15. The normalized spacial score (nSPS) is 15.1. The molecule has 7 heteroatoms. The third kappa shape index (κ3) is 4.96. The number of amides is 4. The van der Waals surface area contributed by atoms with Gasteiger partial charge in [0, 0.05) is 5.02 Å². The summed E-state index contributed by atoms with van der Waals surface area (Å²) in [5.74, 6) is -0.814. The minimum atomic E-state index is -0.818. The molecule has 1 aliphatic heterocycles. The highest BCUT2D eigenvalue weighted by molar-refractivity contribution is 6.39. The number of ether oxygens (including phenoxy) is 1. The number of barbiturate groups is 1. The summed E-state index contributed by atoms with van der Waals surface area (Å²) in [6.07, 6.45) is 1.44. The Balaban J connectivity index is 1.52. The van der Waals surface area contributed by atoms with Crippen LogP contribution < -0.4 is 15.0 Å². The van der Waals surface area contributed by atoms with Crippen LogP contribution in [0.25, 0.3) is 6.08 Å². The number of carbonyl (C=O) groups excluding carboxylic acids is 3. The van der Waals surface area contributed by atoms with Crippen molar-refractivity contribution >= 4 is 41.2 Å². The predicted molar refractivity (Wildman–Crippen MR) is 127 cm³/mol. The molecule has 33 heavy (non-hydrogen) atoms. The van der Waals surface area contributed by atoms with Crippen molar-refractivity contribution in [2.45, 2.75) is 20.5 Å². The van der Waals surface area contributed by atoms with E-state index < -0.39 is 17.8 Å². The van der Waals surface area contributed by atoms with Gasteiger partial charge in [-0.05, 0) is 60.9 Å². The fraction of sp³-hybridized carbons (Fsp3) is 0.115. The zero-order chi connectivity index (χ0) is 23.5. The first-order valence-electron chi connectivity index (χ1n) is 10.3. The Morgan fingerprint density at radius 2 is 1.64 bits per heavy atom. The van der Waals surface area contributed by atoms with Crippen LogP contribution in [0.5, 0.6) is 5.75 Å². The monoisotopic (exact) mass is 460 g/mol. The van der Waals surface area contributed by atoms with E-state index >= 15 is 0 Å². The Labute approximate surface area is 196 Å². The van der Waals surface area contributed by atoms with Crippen LogP contribution in [0.1, 0.15) is 22.3 Å². The quantitative estimate of drug-likeness (QED) is 0.419. The van der Waals surface area contributed by atoms with Crippen LogP contribution in [0.15, 0.2) is 72.3 Å². The second-order valence-electron chi connectivity index (χ2n) is 7.73. The standard InChI is InChI=1S/C26H21ClN2O4/c1-16-3-6-19(7-4-16)15-33-21-11-8-18(9-12-21)13-22-24(30)28-26(32)29(25(22)31)20-10-5-17(2)23(27)14-20/h3-14H,15H2,1-2H3,(H,28,30,32)/b22-13-. The van der Waals surface area contributed by atoms with E-state index in [0.717, 1.165) is 16.0 Å². The highest BCUT2D eigenvalue weighted by Gasteiger charge is 2.36. The fourth-order valence-corrected chi connectivity index (χ4v) is 3.47. The molecule has 0 spiro atoms. The SMILES string of the molecule is Cc1ccc(COc2ccc(/C=C3/C(=O)NC(=O)N(c4ccc(C)c(Cl)c4)C3=O)cc2)cc1. The molecule has 1 heterocycles. The number of aryl methyl sites for hydroxylation is 2. The van der Waals surface area contributed by atoms with Crippen molar-refractivity contribution in [2.24, 2.45) is 0 Å². The van der Waals surface area contributed by atoms with Crippen molar-refractivity contribution in [3.63, 3.8) is 0 Å². The molecule has 166 valence electrons. The molecule has 4 rings (SSSR count). The number of hydrogen-bond donors (Lipinski definition) is 1. The number of nitrogens with one attached hydrogen (secondary N) is 1. The number of nitrogens with zero attached hydrogens (tertiary/aromatic N) is 1. The molecular formula is C26H21ClN2O4. The molecule has 1 fully saturated rings. The van der Waals surface area contributed by atoms with Gasteiger partial charge in [0.25, 0.3) is 11.8 Å². The van der Waals surface area contributed by atoms with Crippen LogP contribution in [-0.2, 0) is 16.2 Å². The Kier molecular flexibility index (Phi) is 6.29. The summed E-state index contributed by atoms with van der Waals surface area (Å²) in [4.78, 5) is 38.6. The van der Waals surface area contributed by atoms with Crippen molar-refractivity contribution in [1.82, 2.24) is 5.32 Å². The van der Waals surface area contributed by atoms with Gasteiger partial charge in [-0.3, -0.25) is 14.9 Å². The lowest BCUT2D eigenvalue weighted by molar-refractivity contribution is -0.122. The number of hydrogen-bond acceptors (Lipinski definition) is 4. The summed E-state index contributed by atoms with van der Waals surface area (Å²) in [5, 5.41) is 2.62. The number of rotatable bonds is 5. The van der Waals surface area contributed by atoms with Crippen LogP contribution in [0.4, 0.5) is 10.5 Å². The zero-order valence-corrected chi connectivity index (χ0v) is 18.8. The smallest absolute Gasteiger partial charge is 0.335 e. The van der Waals surface area contributed by atoms with Crippen molar-refractivity contribution in [3.8, 4) is 5.75 Å². The van der Waals surface area contributed by atoms with Crippen LogP contribution in [0.2, 0.25) is 5.02 Å². The first-order valence-corrected chi connectivity index (χ1v) is 10.7. The summed E-state index contributed by atoms with van der Waals surface area (Å²) in [7, 11) is 0. The van der Waals surface area contributed by atoms with Crippen LogP contribution in [-0.4, -0.2) is 17.8 Å². The lowest BCUT2D eigenvalue weighted by Gasteiger charge is -2.26. The van der Waals surface area contributed by atoms with E-state index in [-0.39, 0.29) is 11.3 Å². The number of halogens is 1. The molecule has 1 N–H and O–H groups in total. The van der Waals surface area contributed by atoms with Gasteiger partial charge < -0.3 is 4.74 Å². The Morgan fingerprint density at radius 3 is 2.30 bits per heavy atom. The summed E-state index contributed by atoms with van der Waals surface area (Å²) in [5.41, 5.74) is 3.79. The Hall–Kier alpha value is -3.90. The molecule has 3 aromatic rings. The van der Waals surface area contributed by atoms with Gasteiger partial charge >= 0.3 is 6.03 Å². The van der Waals surface area contributed by atoms with E-state index in [0.29, 0.717) is 22.9 Å². The lowest BCUT2D eigenvalue weighted by atomic mass is 10.1. The maximum absolute atomic E-state index is 13.0. The third-order valence-electron chi connectivity index (χ3n) is 5.23. The van der Waals surface area contributed by atoms with Gasteiger partial charge in [0.05, 0.1) is 5.69 Å². The van der Waals surface area contributed by atoms with Gasteiger partial charge in [-0.1, -0.05) is 59.6 Å². The maximum atomic E-state index is 13.0. The fourth-order valence-electron chi connectivity index (χ4n) is 3.29. The number of benzene rings is 3. The summed E-state index contributed by atoms with van der Waals surface area (Å²) in [6, 6.07) is 19.1. The van der Waals surface area contributed by atoms with E-state index in [9.17, 15) is 14.4 Å². The van der Waals surface area contributed by atoms with E-state index in [2.05, 4.69) is 5.32 Å². The minimum absolute atomic E-state index is 0.153. The van der Waals surface area contributed by atoms with Crippen molar-refractivity contribution in [1.29, 1.82) is 0 Å². The number of anilines is 1. The Morgan fingerprint density at radius 1 is 0.939 bits per heavy atom. The Bertz CT molecular complexity index is 1260. The molecule has 0 radical (unpaired) electrons. The number of urea groups is 1. The first-order chi connectivity index (χ1) is 15.8. The van der Waals surface area contributed by atoms with E-state index in [4.69, 9.17) is 16.3 Å². The zero-order valence-electron chi connectivity index (χ0n) is 18.1. The first kappa shape index (κ1) is 22.3. The van der Waals surface area contributed by atoms with Crippen molar-refractivity contribution < 1.29 is 19.1 Å². The van der Waals surface area contributed by atoms with Gasteiger partial charge in [0.2, 0.25) is 0 Å². The molecule has 0 unspecified atom stereocenters. The predicted octanol–water partition coefficient (Wildman–Crippen LogP) is 5.20. The van der Waals surface area contributed by atoms with Crippen LogP contribution in [0, 0.1) is 13.8 Å². The molecule has 4 amide bonds. The van der Waals surface area contributed by atoms with Crippen LogP contribution >= 0.6 is 11.6 Å². The van der Waals surface area contributed by atoms with Gasteiger partial charge in [0.15, 0.2) is 0 Å². The second kappa shape index (κ2) is 9.30. The summed E-state index contributed by atoms with van der Waals surface area (Å²) in [6.45, 7) is 4.27. The molecule has 1 saturated heterocycles. The molecule has 3 aromatic carbocycles. The van der Waals surface area contributed by atoms with E-state index in [1.165, 1.54) is 17.7 Å². The van der Waals surface area contributed by atoms with E-state index in [1.54, 1.807) is 36.4 Å². The van der Waals surface area contributed by atoms with Crippen molar-refractivity contribution in [2.75, 3.05) is 4.90 Å². The molecule has 0 atom stereocenters. The molecular weight excluding hydrogens is 440 g/mol.